The van der Waals surface area contributed by atoms with Crippen LogP contribution in [0.5, 0.6) is 5.75 Å². The van der Waals surface area contributed by atoms with E-state index in [0.29, 0.717) is 24.3 Å². The monoisotopic (exact) mass is 312 g/mol. The molecule has 1 aromatic carbocycles. The van der Waals surface area contributed by atoms with Crippen molar-refractivity contribution in [3.8, 4) is 5.75 Å². The average Bonchev–Trinajstić information content (AvgIpc) is 2.46. The van der Waals surface area contributed by atoms with Gasteiger partial charge >= 0.3 is 11.9 Å². The zero-order chi connectivity index (χ0) is 15.7. The Hall–Kier alpha value is -1.88. The maximum Gasteiger partial charge on any atom is 0.311 e. The van der Waals surface area contributed by atoms with Crippen LogP contribution >= 0.6 is 11.6 Å². The number of rotatable bonds is 8. The minimum atomic E-state index is -0.510. The van der Waals surface area contributed by atoms with Gasteiger partial charge in [0, 0.05) is 17.9 Å². The highest BCUT2D eigenvalue weighted by Gasteiger charge is 2.11. The molecule has 6 heteroatoms. The molecule has 0 aliphatic heterocycles. The van der Waals surface area contributed by atoms with Crippen LogP contribution in [0.15, 0.2) is 18.2 Å². The highest BCUT2D eigenvalue weighted by Crippen LogP contribution is 2.21. The molecule has 0 unspecified atom stereocenters. The number of benzene rings is 1. The van der Waals surface area contributed by atoms with Crippen molar-refractivity contribution in [1.29, 1.82) is 0 Å². The molecule has 5 nitrogen and oxygen atoms in total. The van der Waals surface area contributed by atoms with Crippen molar-refractivity contribution >= 4 is 29.8 Å². The number of carbonyl (C=O) groups is 3. The van der Waals surface area contributed by atoms with Gasteiger partial charge in [-0.2, -0.15) is 0 Å². The van der Waals surface area contributed by atoms with E-state index in [9.17, 15) is 14.4 Å². The lowest BCUT2D eigenvalue weighted by atomic mass is 10.2. The van der Waals surface area contributed by atoms with Crippen LogP contribution in [0.4, 0.5) is 0 Å². The first-order valence-electron chi connectivity index (χ1n) is 6.67. The molecule has 0 heterocycles. The third kappa shape index (κ3) is 6.40. The van der Waals surface area contributed by atoms with Gasteiger partial charge in [0.1, 0.15) is 5.75 Å². The predicted molar refractivity (Wildman–Crippen MR) is 77.6 cm³/mol. The van der Waals surface area contributed by atoms with Crippen LogP contribution in [-0.2, 0) is 14.3 Å². The molecule has 0 bridgehead atoms. The van der Waals surface area contributed by atoms with E-state index in [0.717, 1.165) is 6.42 Å². The Kier molecular flexibility index (Phi) is 7.46. The number of aldehydes is 1. The molecule has 0 N–H and O–H groups in total. The molecule has 1 rings (SSSR count). The Morgan fingerprint density at radius 3 is 2.62 bits per heavy atom. The smallest absolute Gasteiger partial charge is 0.311 e. The van der Waals surface area contributed by atoms with Gasteiger partial charge in [0.15, 0.2) is 6.29 Å². The lowest BCUT2D eigenvalue weighted by molar-refractivity contribution is -0.144. The van der Waals surface area contributed by atoms with Gasteiger partial charge < -0.3 is 9.47 Å². The SMILES string of the molecule is CCCOC(=O)CCCC(=O)Oc1ccc(Cl)cc1C=O. The van der Waals surface area contributed by atoms with Crippen LogP contribution in [0, 0.1) is 0 Å². The summed E-state index contributed by atoms with van der Waals surface area (Å²) >= 11 is 5.74. The lowest BCUT2D eigenvalue weighted by Crippen LogP contribution is -2.11. The Bertz CT molecular complexity index is 513. The van der Waals surface area contributed by atoms with Gasteiger partial charge in [-0.1, -0.05) is 18.5 Å². The topological polar surface area (TPSA) is 69.7 Å². The molecule has 1 aromatic rings. The van der Waals surface area contributed by atoms with Crippen molar-refractivity contribution in [2.45, 2.75) is 32.6 Å². The summed E-state index contributed by atoms with van der Waals surface area (Å²) in [6.07, 6.45) is 1.90. The number of esters is 2. The van der Waals surface area contributed by atoms with Crippen LogP contribution in [0.2, 0.25) is 5.02 Å². The summed E-state index contributed by atoms with van der Waals surface area (Å²) in [6.45, 7) is 2.29. The van der Waals surface area contributed by atoms with Crippen molar-refractivity contribution in [3.63, 3.8) is 0 Å². The Labute approximate surface area is 128 Å². The van der Waals surface area contributed by atoms with Crippen molar-refractivity contribution in [2.24, 2.45) is 0 Å². The van der Waals surface area contributed by atoms with Gasteiger partial charge in [-0.05, 0) is 31.0 Å². The van der Waals surface area contributed by atoms with Crippen molar-refractivity contribution in [1.82, 2.24) is 0 Å². The quantitative estimate of drug-likeness (QED) is 0.419. The summed E-state index contributed by atoms with van der Waals surface area (Å²) in [7, 11) is 0. The van der Waals surface area contributed by atoms with Gasteiger partial charge in [-0.3, -0.25) is 14.4 Å². The van der Waals surface area contributed by atoms with E-state index in [1.165, 1.54) is 18.2 Å². The van der Waals surface area contributed by atoms with Gasteiger partial charge in [0.2, 0.25) is 0 Å². The van der Waals surface area contributed by atoms with Gasteiger partial charge in [0.25, 0.3) is 0 Å². The third-order valence-electron chi connectivity index (χ3n) is 2.55. The maximum atomic E-state index is 11.6. The van der Waals surface area contributed by atoms with E-state index >= 15 is 0 Å². The van der Waals surface area contributed by atoms with E-state index in [2.05, 4.69) is 0 Å². The molecule has 21 heavy (non-hydrogen) atoms. The molecule has 0 aromatic heterocycles. The first kappa shape index (κ1) is 17.2. The van der Waals surface area contributed by atoms with E-state index in [1.54, 1.807) is 0 Å². The van der Waals surface area contributed by atoms with E-state index < -0.39 is 5.97 Å². The first-order chi connectivity index (χ1) is 10.1. The van der Waals surface area contributed by atoms with Gasteiger partial charge in [0.05, 0.1) is 12.2 Å². The molecule has 0 atom stereocenters. The molecular weight excluding hydrogens is 296 g/mol. The highest BCUT2D eigenvalue weighted by atomic mass is 35.5. The summed E-state index contributed by atoms with van der Waals surface area (Å²) in [5, 5.41) is 0.385. The standard InChI is InChI=1S/C15H17ClO5/c1-2-8-20-14(18)4-3-5-15(19)21-13-7-6-12(16)9-11(13)10-17/h6-7,9-10H,2-5,8H2,1H3. The summed E-state index contributed by atoms with van der Waals surface area (Å²) < 4.78 is 9.96. The van der Waals surface area contributed by atoms with Crippen molar-refractivity contribution in [3.05, 3.63) is 28.8 Å². The second-order valence-corrected chi connectivity index (χ2v) is 4.78. The summed E-state index contributed by atoms with van der Waals surface area (Å²) in [5.74, 6) is -0.679. The fourth-order valence-electron chi connectivity index (χ4n) is 1.54. The second-order valence-electron chi connectivity index (χ2n) is 4.35. The summed E-state index contributed by atoms with van der Waals surface area (Å²) in [6, 6.07) is 4.40. The first-order valence-corrected chi connectivity index (χ1v) is 7.05. The fraction of sp³-hybridized carbons (Fsp3) is 0.400. The Morgan fingerprint density at radius 1 is 1.24 bits per heavy atom. The molecule has 0 saturated heterocycles. The molecule has 0 aliphatic carbocycles. The molecule has 0 amide bonds. The average molecular weight is 313 g/mol. The molecule has 114 valence electrons. The summed E-state index contributed by atoms with van der Waals surface area (Å²) in [5.41, 5.74) is 0.207. The zero-order valence-corrected chi connectivity index (χ0v) is 12.5. The van der Waals surface area contributed by atoms with Crippen molar-refractivity contribution < 1.29 is 23.9 Å². The number of ether oxygens (including phenoxy) is 2. The van der Waals surface area contributed by atoms with Crippen LogP contribution in [0.3, 0.4) is 0 Å². The molecule has 0 radical (unpaired) electrons. The molecule has 0 spiro atoms. The van der Waals surface area contributed by atoms with E-state index in [-0.39, 0.29) is 30.1 Å². The zero-order valence-electron chi connectivity index (χ0n) is 11.8. The molecule has 0 fully saturated rings. The summed E-state index contributed by atoms with van der Waals surface area (Å²) in [4.78, 5) is 33.7. The Balaban J connectivity index is 2.40. The highest BCUT2D eigenvalue weighted by molar-refractivity contribution is 6.30. The normalized spacial score (nSPS) is 10.0. The largest absolute Gasteiger partial charge is 0.466 e. The van der Waals surface area contributed by atoms with Crippen LogP contribution in [0.1, 0.15) is 43.0 Å². The number of carbonyl (C=O) groups excluding carboxylic acids is 3. The Morgan fingerprint density at radius 2 is 1.95 bits per heavy atom. The van der Waals surface area contributed by atoms with Crippen LogP contribution < -0.4 is 4.74 Å². The lowest BCUT2D eigenvalue weighted by Gasteiger charge is -2.07. The van der Waals surface area contributed by atoms with Crippen LogP contribution in [0.25, 0.3) is 0 Å². The number of hydrogen-bond acceptors (Lipinski definition) is 5. The maximum absolute atomic E-state index is 11.6. The molecule has 0 aliphatic rings. The molecule has 0 saturated carbocycles. The van der Waals surface area contributed by atoms with Gasteiger partial charge in [-0.25, -0.2) is 0 Å². The minimum absolute atomic E-state index is 0.0716. The number of hydrogen-bond donors (Lipinski definition) is 0. The van der Waals surface area contributed by atoms with Crippen molar-refractivity contribution in [2.75, 3.05) is 6.61 Å². The van der Waals surface area contributed by atoms with E-state index in [4.69, 9.17) is 21.1 Å². The number of halogens is 1. The van der Waals surface area contributed by atoms with Crippen LogP contribution in [-0.4, -0.2) is 24.8 Å². The third-order valence-corrected chi connectivity index (χ3v) is 2.79. The predicted octanol–water partition coefficient (Wildman–Crippen LogP) is 3.18. The van der Waals surface area contributed by atoms with E-state index in [1.807, 2.05) is 6.92 Å². The second kappa shape index (κ2) is 9.13. The van der Waals surface area contributed by atoms with Gasteiger partial charge in [-0.15, -0.1) is 0 Å². The molecular formula is C15H17ClO5. The minimum Gasteiger partial charge on any atom is -0.466 e. The fourth-order valence-corrected chi connectivity index (χ4v) is 1.72.